The molecule has 1 aliphatic carbocycles. The molecular formula is C10H19NO2. The van der Waals surface area contributed by atoms with Crippen LogP contribution in [0, 0.1) is 11.3 Å². The summed E-state index contributed by atoms with van der Waals surface area (Å²) in [5.74, 6) is 0.407. The van der Waals surface area contributed by atoms with Crippen molar-refractivity contribution in [3.63, 3.8) is 0 Å². The van der Waals surface area contributed by atoms with Crippen molar-refractivity contribution in [2.45, 2.75) is 33.1 Å². The van der Waals surface area contributed by atoms with E-state index in [2.05, 4.69) is 19.2 Å². The van der Waals surface area contributed by atoms with E-state index in [1.807, 2.05) is 0 Å². The van der Waals surface area contributed by atoms with E-state index in [-0.39, 0.29) is 23.8 Å². The first-order valence-corrected chi connectivity index (χ1v) is 4.96. The van der Waals surface area contributed by atoms with Crippen LogP contribution in [-0.4, -0.2) is 24.2 Å². The van der Waals surface area contributed by atoms with Crippen LogP contribution in [0.3, 0.4) is 0 Å². The molecular weight excluding hydrogens is 166 g/mol. The first-order valence-electron chi connectivity index (χ1n) is 4.96. The Kier molecular flexibility index (Phi) is 3.31. The summed E-state index contributed by atoms with van der Waals surface area (Å²) in [6.45, 7) is 5.15. The molecule has 76 valence electrons. The Morgan fingerprint density at radius 2 is 2.15 bits per heavy atom. The van der Waals surface area contributed by atoms with Crippen molar-refractivity contribution >= 4 is 5.91 Å². The van der Waals surface area contributed by atoms with Crippen LogP contribution < -0.4 is 5.32 Å². The fourth-order valence-electron chi connectivity index (χ4n) is 1.49. The van der Waals surface area contributed by atoms with Crippen LogP contribution in [-0.2, 0) is 4.79 Å². The van der Waals surface area contributed by atoms with Crippen molar-refractivity contribution in [3.05, 3.63) is 0 Å². The Labute approximate surface area is 79.5 Å². The van der Waals surface area contributed by atoms with Gasteiger partial charge in [0.15, 0.2) is 0 Å². The molecule has 1 amide bonds. The van der Waals surface area contributed by atoms with E-state index in [1.54, 1.807) is 0 Å². The average molecular weight is 185 g/mol. The molecule has 0 saturated heterocycles. The summed E-state index contributed by atoms with van der Waals surface area (Å²) in [7, 11) is 0. The number of carbonyl (C=O) groups is 1. The van der Waals surface area contributed by atoms with E-state index >= 15 is 0 Å². The second kappa shape index (κ2) is 4.09. The molecule has 1 fully saturated rings. The van der Waals surface area contributed by atoms with E-state index in [0.29, 0.717) is 6.54 Å². The molecule has 0 aromatic carbocycles. The SMILES string of the molecule is CC1(C)CC1C(=O)NCCCCO. The van der Waals surface area contributed by atoms with Crippen LogP contribution in [0.2, 0.25) is 0 Å². The van der Waals surface area contributed by atoms with Gasteiger partial charge in [-0.1, -0.05) is 13.8 Å². The summed E-state index contributed by atoms with van der Waals surface area (Å²) in [6, 6.07) is 0. The van der Waals surface area contributed by atoms with Crippen LogP contribution in [0.15, 0.2) is 0 Å². The number of carbonyl (C=O) groups excluding carboxylic acids is 1. The third-order valence-electron chi connectivity index (χ3n) is 2.71. The fraction of sp³-hybridized carbons (Fsp3) is 0.900. The molecule has 1 atom stereocenters. The van der Waals surface area contributed by atoms with Crippen molar-refractivity contribution < 1.29 is 9.90 Å². The highest BCUT2D eigenvalue weighted by Crippen LogP contribution is 2.51. The molecule has 2 N–H and O–H groups in total. The molecule has 0 aromatic rings. The predicted octanol–water partition coefficient (Wildman–Crippen LogP) is 0.921. The molecule has 0 heterocycles. The zero-order valence-corrected chi connectivity index (χ0v) is 8.47. The highest BCUT2D eigenvalue weighted by molar-refractivity contribution is 5.82. The number of aliphatic hydroxyl groups excluding tert-OH is 1. The monoisotopic (exact) mass is 185 g/mol. The van der Waals surface area contributed by atoms with Crippen molar-refractivity contribution in [2.24, 2.45) is 11.3 Å². The minimum absolute atomic E-state index is 0.183. The molecule has 1 rings (SSSR count). The molecule has 3 nitrogen and oxygen atoms in total. The summed E-state index contributed by atoms with van der Waals surface area (Å²) in [5, 5.41) is 11.4. The largest absolute Gasteiger partial charge is 0.396 e. The van der Waals surface area contributed by atoms with E-state index in [0.717, 1.165) is 19.3 Å². The Bertz CT molecular complexity index is 189. The smallest absolute Gasteiger partial charge is 0.223 e. The van der Waals surface area contributed by atoms with Gasteiger partial charge in [-0.05, 0) is 24.7 Å². The third kappa shape index (κ3) is 2.99. The van der Waals surface area contributed by atoms with Gasteiger partial charge >= 0.3 is 0 Å². The lowest BCUT2D eigenvalue weighted by molar-refractivity contribution is -0.122. The fourth-order valence-corrected chi connectivity index (χ4v) is 1.49. The second-order valence-electron chi connectivity index (χ2n) is 4.47. The first-order chi connectivity index (χ1) is 6.08. The molecule has 0 bridgehead atoms. The van der Waals surface area contributed by atoms with Gasteiger partial charge in [-0.25, -0.2) is 0 Å². The van der Waals surface area contributed by atoms with Crippen LogP contribution in [0.5, 0.6) is 0 Å². The van der Waals surface area contributed by atoms with Gasteiger partial charge in [0.25, 0.3) is 0 Å². The van der Waals surface area contributed by atoms with E-state index in [9.17, 15) is 4.79 Å². The maximum Gasteiger partial charge on any atom is 0.223 e. The quantitative estimate of drug-likeness (QED) is 0.626. The van der Waals surface area contributed by atoms with Gasteiger partial charge in [-0.3, -0.25) is 4.79 Å². The van der Waals surface area contributed by atoms with E-state index in [1.165, 1.54) is 0 Å². The van der Waals surface area contributed by atoms with Crippen LogP contribution in [0.4, 0.5) is 0 Å². The minimum atomic E-state index is 0.183. The Morgan fingerprint density at radius 3 is 2.62 bits per heavy atom. The number of aliphatic hydroxyl groups is 1. The topological polar surface area (TPSA) is 49.3 Å². The molecule has 1 saturated carbocycles. The molecule has 1 aliphatic rings. The lowest BCUT2D eigenvalue weighted by Crippen LogP contribution is -2.27. The third-order valence-corrected chi connectivity index (χ3v) is 2.71. The highest BCUT2D eigenvalue weighted by Gasteiger charge is 2.50. The number of hydrogen-bond acceptors (Lipinski definition) is 2. The molecule has 0 radical (unpaired) electrons. The molecule has 0 aromatic heterocycles. The molecule has 0 aliphatic heterocycles. The Balaban J connectivity index is 2.06. The van der Waals surface area contributed by atoms with Crippen molar-refractivity contribution in [3.8, 4) is 0 Å². The lowest BCUT2D eigenvalue weighted by atomic mass is 10.1. The molecule has 1 unspecified atom stereocenters. The van der Waals surface area contributed by atoms with Crippen molar-refractivity contribution in [1.82, 2.24) is 5.32 Å². The number of amides is 1. The number of unbranched alkanes of at least 4 members (excludes halogenated alkanes) is 1. The second-order valence-corrected chi connectivity index (χ2v) is 4.47. The minimum Gasteiger partial charge on any atom is -0.396 e. The van der Waals surface area contributed by atoms with Gasteiger partial charge in [0, 0.05) is 19.1 Å². The van der Waals surface area contributed by atoms with E-state index < -0.39 is 0 Å². The summed E-state index contributed by atoms with van der Waals surface area (Å²) in [4.78, 5) is 11.4. The highest BCUT2D eigenvalue weighted by atomic mass is 16.2. The average Bonchev–Trinajstić information content (AvgIpc) is 2.69. The van der Waals surface area contributed by atoms with Crippen LogP contribution in [0.1, 0.15) is 33.1 Å². The van der Waals surface area contributed by atoms with Crippen LogP contribution >= 0.6 is 0 Å². The van der Waals surface area contributed by atoms with E-state index in [4.69, 9.17) is 5.11 Å². The van der Waals surface area contributed by atoms with Gasteiger partial charge < -0.3 is 10.4 Å². The Morgan fingerprint density at radius 1 is 1.54 bits per heavy atom. The lowest BCUT2D eigenvalue weighted by Gasteiger charge is -2.05. The number of hydrogen-bond donors (Lipinski definition) is 2. The number of nitrogens with one attached hydrogen (secondary N) is 1. The number of rotatable bonds is 5. The molecule has 0 spiro atoms. The van der Waals surface area contributed by atoms with Crippen molar-refractivity contribution in [2.75, 3.05) is 13.2 Å². The standard InChI is InChI=1S/C10H19NO2/c1-10(2)7-8(10)9(13)11-5-3-4-6-12/h8,12H,3-7H2,1-2H3,(H,11,13). The normalized spacial score (nSPS) is 24.1. The predicted molar refractivity (Wildman–Crippen MR) is 51.2 cm³/mol. The summed E-state index contributed by atoms with van der Waals surface area (Å²) >= 11 is 0. The van der Waals surface area contributed by atoms with Crippen LogP contribution in [0.25, 0.3) is 0 Å². The van der Waals surface area contributed by atoms with Crippen molar-refractivity contribution in [1.29, 1.82) is 0 Å². The summed E-state index contributed by atoms with van der Waals surface area (Å²) in [5.41, 5.74) is 0.223. The zero-order valence-electron chi connectivity index (χ0n) is 8.47. The molecule has 13 heavy (non-hydrogen) atoms. The maximum atomic E-state index is 11.4. The first kappa shape index (κ1) is 10.5. The van der Waals surface area contributed by atoms with Gasteiger partial charge in [-0.15, -0.1) is 0 Å². The maximum absolute atomic E-state index is 11.4. The Hall–Kier alpha value is -0.570. The van der Waals surface area contributed by atoms with Gasteiger partial charge in [0.1, 0.15) is 0 Å². The molecule has 3 heteroatoms. The van der Waals surface area contributed by atoms with Gasteiger partial charge in [0.2, 0.25) is 5.91 Å². The summed E-state index contributed by atoms with van der Waals surface area (Å²) < 4.78 is 0. The van der Waals surface area contributed by atoms with Gasteiger partial charge in [0.05, 0.1) is 0 Å². The van der Waals surface area contributed by atoms with Gasteiger partial charge in [-0.2, -0.15) is 0 Å². The zero-order chi connectivity index (χ0) is 9.90. The summed E-state index contributed by atoms with van der Waals surface area (Å²) in [6.07, 6.45) is 2.66.